The van der Waals surface area contributed by atoms with Crippen LogP contribution in [0.5, 0.6) is 0 Å². The van der Waals surface area contributed by atoms with E-state index in [0.717, 1.165) is 17.6 Å². The maximum absolute atomic E-state index is 11.6. The number of quaternary nitrogens is 1. The lowest BCUT2D eigenvalue weighted by Crippen LogP contribution is -2.45. The maximum atomic E-state index is 11.6. The third kappa shape index (κ3) is 9.36. The molecule has 0 heterocycles. The molecule has 0 saturated heterocycles. The number of likely N-dealkylation sites (N-methyl/N-ethyl adjacent to an activating group) is 1. The Morgan fingerprint density at radius 3 is 1.40 bits per heavy atom. The average Bonchev–Trinajstić information content (AvgIpc) is 2.42. The molecule has 0 aromatic rings. The van der Waals surface area contributed by atoms with Crippen molar-refractivity contribution >= 4 is 25.9 Å². The second-order valence-electron chi connectivity index (χ2n) is 5.05. The Labute approximate surface area is 144 Å². The minimum Gasteiger partial charge on any atom is -0.379 e. The van der Waals surface area contributed by atoms with Gasteiger partial charge in [-0.25, -0.2) is 0 Å². The molecule has 6 nitrogen and oxygen atoms in total. The quantitative estimate of drug-likeness (QED) is 0.341. The van der Waals surface area contributed by atoms with Gasteiger partial charge in [-0.15, -0.1) is 0 Å². The van der Waals surface area contributed by atoms with Crippen LogP contribution in [0.2, 0.25) is 0 Å². The van der Waals surface area contributed by atoms with Crippen LogP contribution in [0.3, 0.4) is 0 Å². The fourth-order valence-corrected chi connectivity index (χ4v) is 8.30. The summed E-state index contributed by atoms with van der Waals surface area (Å²) >= 11 is 0. The molecule has 0 spiro atoms. The third-order valence-electron chi connectivity index (χ3n) is 3.26. The van der Waals surface area contributed by atoms with Crippen LogP contribution in [0, 0.1) is 0 Å². The highest BCUT2D eigenvalue weighted by Gasteiger charge is 2.61. The molecule has 0 saturated carbocycles. The van der Waals surface area contributed by atoms with Crippen LogP contribution in [0.15, 0.2) is 0 Å². The largest absolute Gasteiger partial charge is 0.531 e. The number of methoxy groups -OCH3 is 1. The molecule has 154 valence electrons. The first kappa shape index (κ1) is 27.1. The lowest BCUT2D eigenvalue weighted by atomic mass is 10.4. The van der Waals surface area contributed by atoms with Crippen LogP contribution >= 0.6 is 6.98 Å². The van der Waals surface area contributed by atoms with Crippen molar-refractivity contribution in [2.75, 3.05) is 40.4 Å². The zero-order chi connectivity index (χ0) is 20.7. The summed E-state index contributed by atoms with van der Waals surface area (Å²) in [7, 11) is -8.50. The molecule has 0 aliphatic heterocycles. The SMILES string of the molecule is CC[N+](C)(CC)CCOC.O=S(=O)([PH2+]S(=O)(=O)C(F)(F)F)C(F)(F)F. The minimum absolute atomic E-state index is 0.873. The Balaban J connectivity index is 0. The van der Waals surface area contributed by atoms with Crippen LogP contribution in [-0.4, -0.2) is 72.7 Å². The molecular weight excluding hydrogens is 423 g/mol. The summed E-state index contributed by atoms with van der Waals surface area (Å²) in [5.41, 5.74) is -12.0. The van der Waals surface area contributed by atoms with Crippen LogP contribution in [0.25, 0.3) is 0 Å². The van der Waals surface area contributed by atoms with Crippen molar-refractivity contribution in [2.24, 2.45) is 0 Å². The van der Waals surface area contributed by atoms with E-state index in [2.05, 4.69) is 20.9 Å². The van der Waals surface area contributed by atoms with Gasteiger partial charge >= 0.3 is 29.9 Å². The van der Waals surface area contributed by atoms with Gasteiger partial charge < -0.3 is 9.22 Å². The Bertz CT molecular complexity index is 556. The summed E-state index contributed by atoms with van der Waals surface area (Å²) in [5, 5.41) is 0. The van der Waals surface area contributed by atoms with Crippen molar-refractivity contribution < 1.29 is 52.4 Å². The summed E-state index contributed by atoms with van der Waals surface area (Å²) in [4.78, 5) is 0. The average molecular weight is 445 g/mol. The summed E-state index contributed by atoms with van der Waals surface area (Å²) in [6, 6.07) is 0. The Hall–Kier alpha value is -0.170. The van der Waals surface area contributed by atoms with Gasteiger partial charge in [-0.05, 0) is 13.8 Å². The standard InChI is InChI=1S/C8H20NO.C2HF6O4PS2/c1-5-9(3,6-2)7-8-10-4;3-1(4,5)14(9,10)13-15(11,12)2(6,7)8/h5-8H2,1-4H3;13H/q+1;/p+1. The van der Waals surface area contributed by atoms with Crippen molar-refractivity contribution in [3.8, 4) is 0 Å². The van der Waals surface area contributed by atoms with Gasteiger partial charge in [0.05, 0.1) is 26.7 Å². The molecule has 0 rings (SSSR count). The van der Waals surface area contributed by atoms with Crippen molar-refractivity contribution in [1.29, 1.82) is 0 Å². The van der Waals surface area contributed by atoms with Gasteiger partial charge in [-0.2, -0.15) is 43.2 Å². The van der Waals surface area contributed by atoms with Crippen LogP contribution in [0.4, 0.5) is 26.3 Å². The highest BCUT2D eigenvalue weighted by molar-refractivity contribution is 8.76. The summed E-state index contributed by atoms with van der Waals surface area (Å²) < 4.78 is 116. The van der Waals surface area contributed by atoms with Gasteiger partial charge in [0.25, 0.3) is 0 Å². The van der Waals surface area contributed by atoms with Crippen LogP contribution < -0.4 is 0 Å². The minimum atomic E-state index is -6.26. The van der Waals surface area contributed by atoms with Crippen molar-refractivity contribution in [3.05, 3.63) is 0 Å². The number of halogens is 6. The zero-order valence-electron chi connectivity index (χ0n) is 14.0. The molecule has 25 heavy (non-hydrogen) atoms. The number of nitrogens with zero attached hydrogens (tertiary/aromatic N) is 1. The molecule has 0 fully saturated rings. The Morgan fingerprint density at radius 2 is 1.20 bits per heavy atom. The molecule has 0 aliphatic rings. The number of hydrogen-bond donors (Lipinski definition) is 0. The molecule has 0 N–H and O–H groups in total. The molecule has 0 aromatic carbocycles. The smallest absolute Gasteiger partial charge is 0.379 e. The monoisotopic (exact) mass is 445 g/mol. The van der Waals surface area contributed by atoms with Gasteiger partial charge in [0.1, 0.15) is 6.54 Å². The normalized spacial score (nSPS) is 14.0. The van der Waals surface area contributed by atoms with E-state index in [1.165, 1.54) is 13.1 Å². The fourth-order valence-electron chi connectivity index (χ4n) is 1.13. The predicted molar refractivity (Wildman–Crippen MR) is 83.7 cm³/mol. The lowest BCUT2D eigenvalue weighted by Gasteiger charge is -2.31. The Morgan fingerprint density at radius 1 is 0.880 bits per heavy atom. The van der Waals surface area contributed by atoms with E-state index in [1.807, 2.05) is 0 Å². The van der Waals surface area contributed by atoms with Gasteiger partial charge in [-0.3, -0.25) is 0 Å². The third-order valence-corrected chi connectivity index (χ3v) is 12.7. The van der Waals surface area contributed by atoms with Crippen molar-refractivity contribution in [3.63, 3.8) is 0 Å². The first-order valence-corrected chi connectivity index (χ1v) is 12.6. The highest BCUT2D eigenvalue weighted by Crippen LogP contribution is 2.46. The number of hydrogen-bond acceptors (Lipinski definition) is 5. The van der Waals surface area contributed by atoms with E-state index in [4.69, 9.17) is 4.74 Å². The maximum Gasteiger partial charge on any atom is 0.531 e. The van der Waals surface area contributed by atoms with Crippen LogP contribution in [0.1, 0.15) is 13.8 Å². The zero-order valence-corrected chi connectivity index (χ0v) is 16.8. The lowest BCUT2D eigenvalue weighted by molar-refractivity contribution is -0.906. The predicted octanol–water partition coefficient (Wildman–Crippen LogP) is 2.22. The summed E-state index contributed by atoms with van der Waals surface area (Å²) in [6.07, 6.45) is 0. The number of rotatable bonds is 7. The Kier molecular flexibility index (Phi) is 10.5. The van der Waals surface area contributed by atoms with Gasteiger partial charge in [-0.1, -0.05) is 0 Å². The second kappa shape index (κ2) is 9.67. The number of ether oxygens (including phenoxy) is 1. The number of alkyl halides is 6. The molecule has 0 radical (unpaired) electrons. The summed E-state index contributed by atoms with van der Waals surface area (Å²) in [6.45, 7) is 4.95. The molecule has 0 atom stereocenters. The van der Waals surface area contributed by atoms with Gasteiger partial charge in [0.2, 0.25) is 6.98 Å². The van der Waals surface area contributed by atoms with Gasteiger partial charge in [0, 0.05) is 7.11 Å². The molecule has 0 unspecified atom stereocenters. The second-order valence-corrected chi connectivity index (χ2v) is 14.4. The topological polar surface area (TPSA) is 77.5 Å². The molecule has 0 aliphatic carbocycles. The van der Waals surface area contributed by atoms with E-state index in [1.54, 1.807) is 7.11 Å². The summed E-state index contributed by atoms with van der Waals surface area (Å²) in [5.74, 6) is 0. The van der Waals surface area contributed by atoms with E-state index in [0.29, 0.717) is 0 Å². The first-order chi connectivity index (χ1) is 10.9. The molecule has 0 aromatic heterocycles. The van der Waals surface area contributed by atoms with Crippen LogP contribution in [-0.2, 0) is 23.7 Å². The molecule has 15 heteroatoms. The fraction of sp³-hybridized carbons (Fsp3) is 1.00. The van der Waals surface area contributed by atoms with E-state index in [9.17, 15) is 43.2 Å². The molecule has 0 amide bonds. The van der Waals surface area contributed by atoms with Gasteiger partial charge in [0.15, 0.2) is 0 Å². The van der Waals surface area contributed by atoms with E-state index >= 15 is 0 Å². The van der Waals surface area contributed by atoms with E-state index < -0.39 is 36.9 Å². The van der Waals surface area contributed by atoms with Crippen molar-refractivity contribution in [2.45, 2.75) is 24.9 Å². The first-order valence-electron chi connectivity index (χ1n) is 6.69. The van der Waals surface area contributed by atoms with E-state index in [-0.39, 0.29) is 0 Å². The highest BCUT2D eigenvalue weighted by atomic mass is 33.1. The molecular formula is C10H22F6NO5PS2+2. The van der Waals surface area contributed by atoms with Crippen molar-refractivity contribution in [1.82, 2.24) is 0 Å². The molecule has 0 bridgehead atoms.